The first kappa shape index (κ1) is 18.9. The first-order valence-corrected chi connectivity index (χ1v) is 9.65. The molecule has 0 saturated carbocycles. The third kappa shape index (κ3) is 3.61. The Labute approximate surface area is 165 Å². The van der Waals surface area contributed by atoms with Crippen molar-refractivity contribution in [3.8, 4) is 11.8 Å². The summed E-state index contributed by atoms with van der Waals surface area (Å²) in [5.41, 5.74) is 1.43. The highest BCUT2D eigenvalue weighted by Crippen LogP contribution is 2.32. The molecule has 3 N–H and O–H groups in total. The van der Waals surface area contributed by atoms with E-state index in [-0.39, 0.29) is 0 Å². The van der Waals surface area contributed by atoms with E-state index in [1.54, 1.807) is 6.20 Å². The molecule has 1 aliphatic heterocycles. The summed E-state index contributed by atoms with van der Waals surface area (Å²) in [6.07, 6.45) is -1.22. The summed E-state index contributed by atoms with van der Waals surface area (Å²) in [7, 11) is 0. The maximum Gasteiger partial charge on any atom is 0.181 e. The molecule has 1 fully saturated rings. The number of hydrogen-bond acceptors (Lipinski definition) is 8. The standard InChI is InChI=1S/C19H18N4O4S/c24-10-14-15(25)16(26)19(27-14)23-17-13(9-22-23)18(21-11-20-17)28-8-4-7-12-5-2-1-3-6-12/h1-3,5-6,9,11,14-16,19,24-26H,8,10H2/t14-,15-,16-,19?/m1/s1. The van der Waals surface area contributed by atoms with E-state index in [1.165, 1.54) is 22.8 Å². The molecular weight excluding hydrogens is 380 g/mol. The number of hydrogen-bond donors (Lipinski definition) is 3. The van der Waals surface area contributed by atoms with Crippen molar-refractivity contribution in [1.82, 2.24) is 19.7 Å². The number of aliphatic hydroxyl groups is 3. The Kier molecular flexibility index (Phi) is 5.57. The largest absolute Gasteiger partial charge is 0.394 e. The van der Waals surface area contributed by atoms with Gasteiger partial charge in [0.1, 0.15) is 29.7 Å². The van der Waals surface area contributed by atoms with Gasteiger partial charge in [0.15, 0.2) is 11.9 Å². The first-order valence-electron chi connectivity index (χ1n) is 8.66. The Balaban J connectivity index is 1.53. The van der Waals surface area contributed by atoms with Crippen molar-refractivity contribution >= 4 is 22.8 Å². The number of thioether (sulfide) groups is 1. The molecule has 4 rings (SSSR count). The van der Waals surface area contributed by atoms with E-state index in [0.717, 1.165) is 5.56 Å². The van der Waals surface area contributed by atoms with Gasteiger partial charge in [0.05, 0.1) is 23.9 Å². The molecule has 0 spiro atoms. The van der Waals surface area contributed by atoms with Crippen LogP contribution in [0.1, 0.15) is 11.8 Å². The molecule has 0 amide bonds. The van der Waals surface area contributed by atoms with Crippen molar-refractivity contribution < 1.29 is 20.1 Å². The van der Waals surface area contributed by atoms with Crippen molar-refractivity contribution in [2.75, 3.05) is 12.4 Å². The summed E-state index contributed by atoms with van der Waals surface area (Å²) in [5.74, 6) is 6.74. The second kappa shape index (κ2) is 8.26. The molecule has 4 atom stereocenters. The third-order valence-corrected chi connectivity index (χ3v) is 5.29. The zero-order valence-electron chi connectivity index (χ0n) is 14.7. The van der Waals surface area contributed by atoms with Crippen LogP contribution in [0.25, 0.3) is 11.0 Å². The van der Waals surface area contributed by atoms with E-state index >= 15 is 0 Å². The molecule has 28 heavy (non-hydrogen) atoms. The van der Waals surface area contributed by atoms with Gasteiger partial charge in [-0.25, -0.2) is 14.6 Å². The van der Waals surface area contributed by atoms with Crippen LogP contribution in [-0.4, -0.2) is 65.7 Å². The van der Waals surface area contributed by atoms with Gasteiger partial charge in [0.2, 0.25) is 0 Å². The quantitative estimate of drug-likeness (QED) is 0.332. The Bertz CT molecular complexity index is 1020. The van der Waals surface area contributed by atoms with Gasteiger partial charge in [0, 0.05) is 5.56 Å². The number of aliphatic hydroxyl groups excluding tert-OH is 3. The molecule has 144 valence electrons. The van der Waals surface area contributed by atoms with Crippen molar-refractivity contribution in [1.29, 1.82) is 0 Å². The van der Waals surface area contributed by atoms with Crippen LogP contribution in [0.4, 0.5) is 0 Å². The van der Waals surface area contributed by atoms with Gasteiger partial charge in [0.25, 0.3) is 0 Å². The van der Waals surface area contributed by atoms with Crippen LogP contribution in [-0.2, 0) is 4.74 Å². The number of ether oxygens (including phenoxy) is 1. The average Bonchev–Trinajstić information content (AvgIpc) is 3.28. The summed E-state index contributed by atoms with van der Waals surface area (Å²) in [6.45, 7) is -0.399. The number of aromatic nitrogens is 4. The first-order chi connectivity index (χ1) is 13.7. The lowest BCUT2D eigenvalue weighted by Gasteiger charge is -2.15. The number of benzene rings is 1. The highest BCUT2D eigenvalue weighted by atomic mass is 32.2. The minimum atomic E-state index is -1.22. The fourth-order valence-corrected chi connectivity index (χ4v) is 3.69. The van der Waals surface area contributed by atoms with Crippen molar-refractivity contribution in [3.63, 3.8) is 0 Å². The van der Waals surface area contributed by atoms with Crippen molar-refractivity contribution in [2.24, 2.45) is 0 Å². The van der Waals surface area contributed by atoms with Gasteiger partial charge in [-0.1, -0.05) is 41.8 Å². The van der Waals surface area contributed by atoms with Crippen LogP contribution in [0, 0.1) is 11.8 Å². The minimum Gasteiger partial charge on any atom is -0.394 e. The zero-order valence-corrected chi connectivity index (χ0v) is 15.5. The summed E-state index contributed by atoms with van der Waals surface area (Å²) >= 11 is 1.46. The number of rotatable bonds is 4. The van der Waals surface area contributed by atoms with Gasteiger partial charge < -0.3 is 20.1 Å². The monoisotopic (exact) mass is 398 g/mol. The lowest BCUT2D eigenvalue weighted by atomic mass is 10.1. The van der Waals surface area contributed by atoms with Crippen LogP contribution in [0.15, 0.2) is 47.9 Å². The summed E-state index contributed by atoms with van der Waals surface area (Å²) in [5, 5.41) is 35.1. The molecule has 1 unspecified atom stereocenters. The second-order valence-corrected chi connectivity index (χ2v) is 7.15. The molecule has 9 heteroatoms. The molecule has 3 aromatic rings. The van der Waals surface area contributed by atoms with Crippen LogP contribution < -0.4 is 0 Å². The van der Waals surface area contributed by atoms with Crippen molar-refractivity contribution in [3.05, 3.63) is 48.4 Å². The van der Waals surface area contributed by atoms with Gasteiger partial charge in [-0.15, -0.1) is 0 Å². The summed E-state index contributed by atoms with van der Waals surface area (Å²) < 4.78 is 6.94. The minimum absolute atomic E-state index is 0.399. The van der Waals surface area contributed by atoms with Gasteiger partial charge in [-0.3, -0.25) is 0 Å². The molecule has 2 aromatic heterocycles. The van der Waals surface area contributed by atoms with Crippen LogP contribution in [0.5, 0.6) is 0 Å². The molecule has 0 bridgehead atoms. The Hall–Kier alpha value is -2.48. The van der Waals surface area contributed by atoms with E-state index < -0.39 is 31.1 Å². The third-order valence-electron chi connectivity index (χ3n) is 4.40. The van der Waals surface area contributed by atoms with Gasteiger partial charge >= 0.3 is 0 Å². The average molecular weight is 398 g/mol. The summed E-state index contributed by atoms with van der Waals surface area (Å²) in [6, 6.07) is 9.73. The fraction of sp³-hybridized carbons (Fsp3) is 0.316. The van der Waals surface area contributed by atoms with Gasteiger partial charge in [-0.05, 0) is 12.1 Å². The SMILES string of the molecule is OC[C@H]1OC(n2ncc3c(SCC#Cc4ccccc4)ncnc32)[C@H](O)[C@@H]1O. The summed E-state index contributed by atoms with van der Waals surface area (Å²) in [4.78, 5) is 8.53. The molecule has 8 nitrogen and oxygen atoms in total. The maximum absolute atomic E-state index is 10.2. The maximum atomic E-state index is 10.2. The Morgan fingerprint density at radius 2 is 1.96 bits per heavy atom. The predicted molar refractivity (Wildman–Crippen MR) is 102 cm³/mol. The predicted octanol–water partition coefficient (Wildman–Crippen LogP) is 0.582. The molecule has 3 heterocycles. The molecule has 0 aliphatic carbocycles. The normalized spacial score (nSPS) is 24.2. The Morgan fingerprint density at radius 3 is 2.71 bits per heavy atom. The van der Waals surface area contributed by atoms with Gasteiger partial charge in [-0.2, -0.15) is 5.10 Å². The number of fused-ring (bicyclic) bond motifs is 1. The van der Waals surface area contributed by atoms with E-state index in [4.69, 9.17) is 4.74 Å². The molecule has 1 aliphatic rings. The molecule has 0 radical (unpaired) electrons. The molecule has 1 aromatic carbocycles. The van der Waals surface area contributed by atoms with E-state index in [1.807, 2.05) is 30.3 Å². The van der Waals surface area contributed by atoms with Crippen LogP contribution >= 0.6 is 11.8 Å². The topological polar surface area (TPSA) is 114 Å². The molecule has 1 saturated heterocycles. The molecular formula is C19H18N4O4S. The Morgan fingerprint density at radius 1 is 1.14 bits per heavy atom. The highest BCUT2D eigenvalue weighted by Gasteiger charge is 2.44. The second-order valence-electron chi connectivity index (χ2n) is 6.19. The van der Waals surface area contributed by atoms with E-state index in [0.29, 0.717) is 21.8 Å². The van der Waals surface area contributed by atoms with Crippen LogP contribution in [0.3, 0.4) is 0 Å². The van der Waals surface area contributed by atoms with Crippen molar-refractivity contribution in [2.45, 2.75) is 29.6 Å². The van der Waals surface area contributed by atoms with Crippen LogP contribution in [0.2, 0.25) is 0 Å². The van der Waals surface area contributed by atoms with E-state index in [2.05, 4.69) is 26.9 Å². The smallest absolute Gasteiger partial charge is 0.181 e. The zero-order chi connectivity index (χ0) is 19.5. The highest BCUT2D eigenvalue weighted by molar-refractivity contribution is 7.99. The fourth-order valence-electron chi connectivity index (χ4n) is 2.99. The number of nitrogens with zero attached hydrogens (tertiary/aromatic N) is 4. The van der Waals surface area contributed by atoms with E-state index in [9.17, 15) is 15.3 Å². The lowest BCUT2D eigenvalue weighted by molar-refractivity contribution is -0.0566. The lowest BCUT2D eigenvalue weighted by Crippen LogP contribution is -2.33.